The second-order valence-corrected chi connectivity index (χ2v) is 7.37. The predicted octanol–water partition coefficient (Wildman–Crippen LogP) is -0.0650. The van der Waals surface area contributed by atoms with Crippen LogP contribution in [0.25, 0.3) is 0 Å². The van der Waals surface area contributed by atoms with Crippen molar-refractivity contribution in [1.29, 1.82) is 0 Å². The van der Waals surface area contributed by atoms with Crippen LogP contribution in [0.15, 0.2) is 0 Å². The maximum atomic E-state index is 12.0. The molecule has 0 saturated carbocycles. The Balaban J connectivity index is 2.09. The zero-order valence-corrected chi connectivity index (χ0v) is 10.5. The van der Waals surface area contributed by atoms with Gasteiger partial charge in [0.2, 0.25) is 15.9 Å². The van der Waals surface area contributed by atoms with Gasteiger partial charge in [-0.1, -0.05) is 0 Å². The third-order valence-corrected chi connectivity index (χ3v) is 5.69. The van der Waals surface area contributed by atoms with Crippen LogP contribution in [0.1, 0.15) is 26.7 Å². The topological polar surface area (TPSA) is 66.5 Å². The van der Waals surface area contributed by atoms with Gasteiger partial charge in [-0.2, -0.15) is 0 Å². The molecule has 0 spiro atoms. The van der Waals surface area contributed by atoms with E-state index < -0.39 is 10.0 Å². The highest BCUT2D eigenvalue weighted by Gasteiger charge is 2.40. The number of nitrogens with one attached hydrogen (secondary N) is 1. The molecule has 2 aliphatic rings. The summed E-state index contributed by atoms with van der Waals surface area (Å²) in [5.41, 5.74) is 0. The first kappa shape index (κ1) is 11.9. The molecule has 1 N–H and O–H groups in total. The second kappa shape index (κ2) is 4.00. The highest BCUT2D eigenvalue weighted by molar-refractivity contribution is 7.89. The van der Waals surface area contributed by atoms with Crippen LogP contribution in [0.3, 0.4) is 0 Å². The first-order chi connectivity index (χ1) is 7.41. The van der Waals surface area contributed by atoms with Gasteiger partial charge in [0.15, 0.2) is 0 Å². The molecule has 0 aromatic heterocycles. The quantitative estimate of drug-likeness (QED) is 0.742. The van der Waals surface area contributed by atoms with E-state index in [0.29, 0.717) is 19.5 Å². The van der Waals surface area contributed by atoms with E-state index in [0.717, 1.165) is 6.42 Å². The summed E-state index contributed by atoms with van der Waals surface area (Å²) in [6.07, 6.45) is 1.21. The monoisotopic (exact) mass is 246 g/mol. The van der Waals surface area contributed by atoms with Gasteiger partial charge in [-0.15, -0.1) is 0 Å². The van der Waals surface area contributed by atoms with Crippen LogP contribution in [-0.2, 0) is 14.8 Å². The Kier molecular flexibility index (Phi) is 2.96. The van der Waals surface area contributed by atoms with Crippen LogP contribution in [0.5, 0.6) is 0 Å². The lowest BCUT2D eigenvalue weighted by atomic mass is 9.95. The molecular weight excluding hydrogens is 228 g/mol. The van der Waals surface area contributed by atoms with Crippen LogP contribution in [-0.4, -0.2) is 43.0 Å². The minimum absolute atomic E-state index is 0.0544. The lowest BCUT2D eigenvalue weighted by Gasteiger charge is -2.34. The van der Waals surface area contributed by atoms with Crippen molar-refractivity contribution in [2.24, 2.45) is 5.92 Å². The van der Waals surface area contributed by atoms with E-state index in [4.69, 9.17) is 0 Å². The van der Waals surface area contributed by atoms with Crippen LogP contribution in [0.4, 0.5) is 0 Å². The van der Waals surface area contributed by atoms with Gasteiger partial charge in [0, 0.05) is 31.5 Å². The Labute approximate surface area is 96.2 Å². The Bertz CT molecular complexity index is 391. The average Bonchev–Trinajstić information content (AvgIpc) is 2.56. The zero-order valence-electron chi connectivity index (χ0n) is 9.64. The van der Waals surface area contributed by atoms with Crippen LogP contribution in [0, 0.1) is 5.92 Å². The first-order valence-electron chi connectivity index (χ1n) is 5.69. The molecule has 2 aliphatic heterocycles. The maximum absolute atomic E-state index is 12.0. The normalized spacial score (nSPS) is 31.6. The fraction of sp³-hybridized carbons (Fsp3) is 0.900. The number of sulfonamides is 1. The molecular formula is C10H18N2O3S. The fourth-order valence-electron chi connectivity index (χ4n) is 2.43. The second-order valence-electron chi connectivity index (χ2n) is 4.88. The average molecular weight is 246 g/mol. The number of hydrogen-bond donors (Lipinski definition) is 1. The third-order valence-electron chi connectivity index (χ3n) is 3.45. The Morgan fingerprint density at radius 1 is 1.44 bits per heavy atom. The molecule has 2 atom stereocenters. The summed E-state index contributed by atoms with van der Waals surface area (Å²) in [5.74, 6) is 0.216. The summed E-state index contributed by atoms with van der Waals surface area (Å²) in [7, 11) is -3.16. The van der Waals surface area contributed by atoms with E-state index in [1.807, 2.05) is 0 Å². The number of carbonyl (C=O) groups is 1. The molecule has 5 nitrogen and oxygen atoms in total. The molecule has 2 heterocycles. The standard InChI is InChI=1S/C10H18N2O3S/c1-7(2)16(14,15)12-4-3-9-8(6-12)5-10(13)11-9/h7-9H,3-6H2,1-2H3,(H,11,13)/t8-,9+/m1/s1. The minimum Gasteiger partial charge on any atom is -0.353 e. The van der Waals surface area contributed by atoms with E-state index >= 15 is 0 Å². The molecule has 1 amide bonds. The summed E-state index contributed by atoms with van der Waals surface area (Å²) < 4.78 is 25.5. The lowest BCUT2D eigenvalue weighted by Crippen LogP contribution is -2.48. The molecule has 16 heavy (non-hydrogen) atoms. The molecule has 0 radical (unpaired) electrons. The van der Waals surface area contributed by atoms with Crippen molar-refractivity contribution in [2.45, 2.75) is 38.0 Å². The smallest absolute Gasteiger partial charge is 0.220 e. The summed E-state index contributed by atoms with van der Waals surface area (Å²) in [4.78, 5) is 11.2. The van der Waals surface area contributed by atoms with E-state index in [1.165, 1.54) is 0 Å². The van der Waals surface area contributed by atoms with Crippen molar-refractivity contribution >= 4 is 15.9 Å². The van der Waals surface area contributed by atoms with Crippen LogP contribution >= 0.6 is 0 Å². The molecule has 92 valence electrons. The highest BCUT2D eigenvalue weighted by Crippen LogP contribution is 2.27. The van der Waals surface area contributed by atoms with E-state index in [1.54, 1.807) is 18.2 Å². The number of rotatable bonds is 2. The molecule has 0 aliphatic carbocycles. The Morgan fingerprint density at radius 2 is 2.12 bits per heavy atom. The third kappa shape index (κ3) is 1.96. The van der Waals surface area contributed by atoms with Crippen molar-refractivity contribution in [3.63, 3.8) is 0 Å². The van der Waals surface area contributed by atoms with E-state index in [9.17, 15) is 13.2 Å². The first-order valence-corrected chi connectivity index (χ1v) is 7.20. The van der Waals surface area contributed by atoms with Crippen LogP contribution < -0.4 is 5.32 Å². The van der Waals surface area contributed by atoms with Gasteiger partial charge in [0.05, 0.1) is 5.25 Å². The van der Waals surface area contributed by atoms with Gasteiger partial charge in [-0.25, -0.2) is 12.7 Å². The maximum Gasteiger partial charge on any atom is 0.220 e. The van der Waals surface area contributed by atoms with Gasteiger partial charge >= 0.3 is 0 Å². The molecule has 2 saturated heterocycles. The van der Waals surface area contributed by atoms with Crippen molar-refractivity contribution in [3.8, 4) is 0 Å². The van der Waals surface area contributed by atoms with Gasteiger partial charge < -0.3 is 5.32 Å². The van der Waals surface area contributed by atoms with Gasteiger partial charge in [0.1, 0.15) is 0 Å². The van der Waals surface area contributed by atoms with Crippen LogP contribution in [0.2, 0.25) is 0 Å². The van der Waals surface area contributed by atoms with Crippen molar-refractivity contribution in [3.05, 3.63) is 0 Å². The van der Waals surface area contributed by atoms with Crippen molar-refractivity contribution < 1.29 is 13.2 Å². The van der Waals surface area contributed by atoms with E-state index in [-0.39, 0.29) is 23.1 Å². The number of nitrogens with zero attached hydrogens (tertiary/aromatic N) is 1. The molecule has 0 aromatic carbocycles. The number of piperidine rings is 1. The van der Waals surface area contributed by atoms with Crippen molar-refractivity contribution in [2.75, 3.05) is 13.1 Å². The number of amides is 1. The lowest BCUT2D eigenvalue weighted by molar-refractivity contribution is -0.119. The zero-order chi connectivity index (χ0) is 11.9. The summed E-state index contributed by atoms with van der Waals surface area (Å²) in [6, 6.07) is 0.186. The van der Waals surface area contributed by atoms with Gasteiger partial charge in [-0.3, -0.25) is 4.79 Å². The van der Waals surface area contributed by atoms with E-state index in [2.05, 4.69) is 5.32 Å². The molecule has 2 fully saturated rings. The Hall–Kier alpha value is -0.620. The Morgan fingerprint density at radius 3 is 2.75 bits per heavy atom. The van der Waals surface area contributed by atoms with Gasteiger partial charge in [0.25, 0.3) is 0 Å². The summed E-state index contributed by atoms with van der Waals surface area (Å²) in [5, 5.41) is 2.52. The van der Waals surface area contributed by atoms with Gasteiger partial charge in [-0.05, 0) is 20.3 Å². The predicted molar refractivity (Wildman–Crippen MR) is 60.3 cm³/mol. The van der Waals surface area contributed by atoms with Crippen molar-refractivity contribution in [1.82, 2.24) is 9.62 Å². The summed E-state index contributed by atoms with van der Waals surface area (Å²) >= 11 is 0. The number of fused-ring (bicyclic) bond motifs is 1. The molecule has 6 heteroatoms. The minimum atomic E-state index is -3.16. The number of carbonyl (C=O) groups excluding carboxylic acids is 1. The highest BCUT2D eigenvalue weighted by atomic mass is 32.2. The molecule has 2 rings (SSSR count). The molecule has 0 bridgehead atoms. The fourth-order valence-corrected chi connectivity index (χ4v) is 3.78. The number of hydrogen-bond acceptors (Lipinski definition) is 3. The summed E-state index contributed by atoms with van der Waals surface area (Å²) in [6.45, 7) is 4.41. The SMILES string of the molecule is CC(C)S(=O)(=O)N1CC[C@@H]2NC(=O)C[C@@H]2C1. The molecule has 0 unspecified atom stereocenters. The largest absolute Gasteiger partial charge is 0.353 e. The molecule has 0 aromatic rings.